The predicted molar refractivity (Wildman–Crippen MR) is 70.3 cm³/mol. The summed E-state index contributed by atoms with van der Waals surface area (Å²) in [6.07, 6.45) is 1.21. The normalized spacial score (nSPS) is 17.9. The lowest BCUT2D eigenvalue weighted by Gasteiger charge is -2.34. The number of hydrogen-bond donors (Lipinski definition) is 1. The van der Waals surface area contributed by atoms with Gasteiger partial charge in [0.15, 0.2) is 0 Å². The molecule has 3 heteroatoms. The molecule has 0 saturated carbocycles. The molecule has 0 amide bonds. The highest BCUT2D eigenvalue weighted by atomic mass is 16.5. The number of nitrogens with two attached hydrogens (primary N) is 1. The maximum atomic E-state index is 5.65. The molecule has 1 aromatic rings. The van der Waals surface area contributed by atoms with Gasteiger partial charge in [-0.3, -0.25) is 4.90 Å². The number of hydrogen-bond acceptors (Lipinski definition) is 3. The third kappa shape index (κ3) is 3.06. The molecule has 3 nitrogen and oxygen atoms in total. The molecule has 0 fully saturated rings. The molecule has 0 saturated heterocycles. The summed E-state index contributed by atoms with van der Waals surface area (Å²) in [6, 6.07) is 8.74. The van der Waals surface area contributed by atoms with Crippen LogP contribution in [0.15, 0.2) is 24.3 Å². The summed E-state index contributed by atoms with van der Waals surface area (Å²) in [5.41, 5.74) is 8.68. The molecule has 94 valence electrons. The first kappa shape index (κ1) is 12.6. The van der Waals surface area contributed by atoms with Crippen molar-refractivity contribution in [2.75, 3.05) is 39.9 Å². The van der Waals surface area contributed by atoms with Gasteiger partial charge in [-0.2, -0.15) is 0 Å². The second kappa shape index (κ2) is 6.15. The van der Waals surface area contributed by atoms with E-state index in [4.69, 9.17) is 10.5 Å². The molecule has 0 aromatic heterocycles. The van der Waals surface area contributed by atoms with E-state index in [1.54, 1.807) is 7.11 Å². The largest absolute Gasteiger partial charge is 0.383 e. The monoisotopic (exact) mass is 234 g/mol. The molecular weight excluding hydrogens is 212 g/mol. The van der Waals surface area contributed by atoms with E-state index in [2.05, 4.69) is 29.2 Å². The van der Waals surface area contributed by atoms with E-state index in [1.807, 2.05) is 0 Å². The van der Waals surface area contributed by atoms with Crippen LogP contribution in [-0.4, -0.2) is 44.8 Å². The van der Waals surface area contributed by atoms with Gasteiger partial charge in [0.1, 0.15) is 0 Å². The van der Waals surface area contributed by atoms with Gasteiger partial charge in [0.2, 0.25) is 0 Å². The van der Waals surface area contributed by atoms with Crippen LogP contribution >= 0.6 is 0 Å². The lowest BCUT2D eigenvalue weighted by Crippen LogP contribution is -2.38. The van der Waals surface area contributed by atoms with Crippen LogP contribution in [0.25, 0.3) is 0 Å². The maximum absolute atomic E-state index is 5.65. The second-order valence-electron chi connectivity index (χ2n) is 4.68. The van der Waals surface area contributed by atoms with Crippen molar-refractivity contribution in [2.24, 2.45) is 5.73 Å². The number of fused-ring (bicyclic) bond motifs is 1. The van der Waals surface area contributed by atoms with Crippen molar-refractivity contribution in [2.45, 2.75) is 12.3 Å². The van der Waals surface area contributed by atoms with Crippen LogP contribution in [0.5, 0.6) is 0 Å². The summed E-state index contributed by atoms with van der Waals surface area (Å²) >= 11 is 0. The van der Waals surface area contributed by atoms with E-state index < -0.39 is 0 Å². The van der Waals surface area contributed by atoms with E-state index >= 15 is 0 Å². The molecule has 0 heterocycles. The quantitative estimate of drug-likeness (QED) is 0.771. The van der Waals surface area contributed by atoms with Crippen molar-refractivity contribution in [3.63, 3.8) is 0 Å². The zero-order valence-corrected chi connectivity index (χ0v) is 10.6. The SMILES string of the molecule is COCCN(CCN)CC1Cc2ccccc21. The smallest absolute Gasteiger partial charge is 0.0589 e. The van der Waals surface area contributed by atoms with Crippen molar-refractivity contribution in [3.8, 4) is 0 Å². The van der Waals surface area contributed by atoms with Crippen molar-refractivity contribution in [1.82, 2.24) is 4.90 Å². The van der Waals surface area contributed by atoms with Crippen LogP contribution in [0.4, 0.5) is 0 Å². The van der Waals surface area contributed by atoms with E-state index in [0.717, 1.165) is 32.8 Å². The Morgan fingerprint density at radius 1 is 1.35 bits per heavy atom. The fraction of sp³-hybridized carbons (Fsp3) is 0.571. The first-order valence-electron chi connectivity index (χ1n) is 6.34. The molecule has 1 aliphatic rings. The van der Waals surface area contributed by atoms with Gasteiger partial charge in [-0.05, 0) is 17.5 Å². The summed E-state index contributed by atoms with van der Waals surface area (Å²) in [7, 11) is 1.75. The molecule has 0 radical (unpaired) electrons. The molecule has 0 bridgehead atoms. The average molecular weight is 234 g/mol. The lowest BCUT2D eigenvalue weighted by atomic mass is 9.77. The standard InChI is InChI=1S/C14H22N2O/c1-17-9-8-16(7-6-15)11-13-10-12-4-2-3-5-14(12)13/h2-5,13H,6-11,15H2,1H3. The molecule has 1 aliphatic carbocycles. The minimum Gasteiger partial charge on any atom is -0.383 e. The zero-order chi connectivity index (χ0) is 12.1. The number of ether oxygens (including phenoxy) is 1. The highest BCUT2D eigenvalue weighted by molar-refractivity contribution is 5.40. The molecule has 1 atom stereocenters. The molecule has 17 heavy (non-hydrogen) atoms. The summed E-state index contributed by atoms with van der Waals surface area (Å²) in [4.78, 5) is 2.41. The summed E-state index contributed by atoms with van der Waals surface area (Å²) in [5, 5.41) is 0. The molecule has 0 spiro atoms. The molecule has 2 N–H and O–H groups in total. The van der Waals surface area contributed by atoms with Crippen molar-refractivity contribution < 1.29 is 4.74 Å². The van der Waals surface area contributed by atoms with Crippen LogP contribution in [0, 0.1) is 0 Å². The topological polar surface area (TPSA) is 38.5 Å². The lowest BCUT2D eigenvalue weighted by molar-refractivity contribution is 0.143. The zero-order valence-electron chi connectivity index (χ0n) is 10.6. The molecular formula is C14H22N2O. The number of benzene rings is 1. The number of nitrogens with zero attached hydrogens (tertiary/aromatic N) is 1. The van der Waals surface area contributed by atoms with Gasteiger partial charge < -0.3 is 10.5 Å². The Hall–Kier alpha value is -0.900. The molecule has 1 unspecified atom stereocenters. The van der Waals surface area contributed by atoms with Gasteiger partial charge in [0.25, 0.3) is 0 Å². The second-order valence-corrected chi connectivity index (χ2v) is 4.68. The average Bonchev–Trinajstić information content (AvgIpc) is 2.33. The van der Waals surface area contributed by atoms with Crippen LogP contribution < -0.4 is 5.73 Å². The molecule has 0 aliphatic heterocycles. The van der Waals surface area contributed by atoms with Gasteiger partial charge in [-0.15, -0.1) is 0 Å². The van der Waals surface area contributed by atoms with Gasteiger partial charge in [-0.25, -0.2) is 0 Å². The summed E-state index contributed by atoms with van der Waals surface area (Å²) in [5.74, 6) is 0.689. The number of rotatable bonds is 7. The van der Waals surface area contributed by atoms with Crippen LogP contribution in [0.2, 0.25) is 0 Å². The van der Waals surface area contributed by atoms with Crippen molar-refractivity contribution in [3.05, 3.63) is 35.4 Å². The van der Waals surface area contributed by atoms with Crippen molar-refractivity contribution in [1.29, 1.82) is 0 Å². The third-order valence-electron chi connectivity index (χ3n) is 3.50. The van der Waals surface area contributed by atoms with Crippen molar-refractivity contribution >= 4 is 0 Å². The van der Waals surface area contributed by atoms with Crippen LogP contribution in [0.3, 0.4) is 0 Å². The Bertz CT molecular complexity index is 354. The number of methoxy groups -OCH3 is 1. The van der Waals surface area contributed by atoms with Gasteiger partial charge in [0, 0.05) is 39.2 Å². The Kier molecular flexibility index (Phi) is 4.54. The first-order valence-corrected chi connectivity index (χ1v) is 6.34. The third-order valence-corrected chi connectivity index (χ3v) is 3.50. The Labute approximate surface area is 104 Å². The van der Waals surface area contributed by atoms with E-state index in [1.165, 1.54) is 17.5 Å². The Morgan fingerprint density at radius 3 is 2.88 bits per heavy atom. The van der Waals surface area contributed by atoms with E-state index in [-0.39, 0.29) is 0 Å². The molecule has 1 aromatic carbocycles. The Balaban J connectivity index is 1.87. The van der Waals surface area contributed by atoms with E-state index in [9.17, 15) is 0 Å². The van der Waals surface area contributed by atoms with Gasteiger partial charge in [-0.1, -0.05) is 24.3 Å². The van der Waals surface area contributed by atoms with Gasteiger partial charge >= 0.3 is 0 Å². The minimum atomic E-state index is 0.689. The summed E-state index contributed by atoms with van der Waals surface area (Å²) < 4.78 is 5.14. The highest BCUT2D eigenvalue weighted by Crippen LogP contribution is 2.35. The first-order chi connectivity index (χ1) is 8.35. The van der Waals surface area contributed by atoms with E-state index in [0.29, 0.717) is 5.92 Å². The van der Waals surface area contributed by atoms with Crippen LogP contribution in [0.1, 0.15) is 17.0 Å². The minimum absolute atomic E-state index is 0.689. The fourth-order valence-corrected chi connectivity index (χ4v) is 2.53. The molecule has 2 rings (SSSR count). The predicted octanol–water partition coefficient (Wildman–Crippen LogP) is 1.23. The Morgan fingerprint density at radius 2 is 2.18 bits per heavy atom. The van der Waals surface area contributed by atoms with Crippen LogP contribution in [-0.2, 0) is 11.2 Å². The maximum Gasteiger partial charge on any atom is 0.0589 e. The summed E-state index contributed by atoms with van der Waals surface area (Å²) in [6.45, 7) is 4.55. The fourth-order valence-electron chi connectivity index (χ4n) is 2.53. The van der Waals surface area contributed by atoms with Gasteiger partial charge in [0.05, 0.1) is 6.61 Å². The highest BCUT2D eigenvalue weighted by Gasteiger charge is 2.26.